The number of nitrogens with one attached hydrogen (secondary N) is 2. The van der Waals surface area contributed by atoms with Crippen molar-refractivity contribution in [1.82, 2.24) is 15.3 Å². The number of hydrogen-bond acceptors (Lipinski definition) is 5. The molecular formula is C22H23FN4O3S. The summed E-state index contributed by atoms with van der Waals surface area (Å²) in [5.41, 5.74) is 3.84. The third-order valence-electron chi connectivity index (χ3n) is 5.32. The molecule has 2 aromatic heterocycles. The van der Waals surface area contributed by atoms with Crippen molar-refractivity contribution in [1.29, 1.82) is 0 Å². The van der Waals surface area contributed by atoms with Gasteiger partial charge in [0.05, 0.1) is 34.6 Å². The average molecular weight is 443 g/mol. The summed E-state index contributed by atoms with van der Waals surface area (Å²) in [6.07, 6.45) is 6.67. The second-order valence-electron chi connectivity index (χ2n) is 8.06. The Hall–Kier alpha value is -3.07. The van der Waals surface area contributed by atoms with Crippen LogP contribution in [0.4, 0.5) is 10.1 Å². The molecular weight excluding hydrogens is 419 g/mol. The molecule has 0 bridgehead atoms. The van der Waals surface area contributed by atoms with Gasteiger partial charge in [-0.15, -0.1) is 0 Å². The number of rotatable bonds is 6. The number of halogens is 1. The molecule has 1 atom stereocenters. The number of hydrogen-bond donors (Lipinski definition) is 2. The van der Waals surface area contributed by atoms with Crippen LogP contribution in [0, 0.1) is 12.7 Å². The third-order valence-corrected chi connectivity index (χ3v) is 5.91. The first-order valence-corrected chi connectivity index (χ1v) is 11.8. The lowest BCUT2D eigenvalue weighted by Gasteiger charge is -2.18. The molecule has 1 aliphatic carbocycles. The minimum absolute atomic E-state index is 0.164. The number of carbonyl (C=O) groups excluding carboxylic acids is 1. The maximum absolute atomic E-state index is 14.6. The third kappa shape index (κ3) is 4.82. The first-order chi connectivity index (χ1) is 14.6. The molecule has 9 heteroatoms. The van der Waals surface area contributed by atoms with E-state index >= 15 is 0 Å². The Labute approximate surface area is 180 Å². The topological polar surface area (TPSA) is 101 Å². The summed E-state index contributed by atoms with van der Waals surface area (Å²) in [4.78, 5) is 21.5. The van der Waals surface area contributed by atoms with Gasteiger partial charge in [0.15, 0.2) is 0 Å². The van der Waals surface area contributed by atoms with E-state index in [0.29, 0.717) is 22.6 Å². The summed E-state index contributed by atoms with van der Waals surface area (Å²) >= 11 is 0. The monoisotopic (exact) mass is 442 g/mol. The van der Waals surface area contributed by atoms with Crippen LogP contribution in [-0.4, -0.2) is 30.5 Å². The quantitative estimate of drug-likeness (QED) is 0.604. The van der Waals surface area contributed by atoms with E-state index < -0.39 is 27.8 Å². The van der Waals surface area contributed by atoms with Gasteiger partial charge in [-0.2, -0.15) is 0 Å². The summed E-state index contributed by atoms with van der Waals surface area (Å²) in [7, 11) is -3.53. The molecule has 1 saturated carbocycles. The Morgan fingerprint density at radius 2 is 1.81 bits per heavy atom. The van der Waals surface area contributed by atoms with Crippen molar-refractivity contribution in [3.8, 4) is 0 Å². The summed E-state index contributed by atoms with van der Waals surface area (Å²) < 4.78 is 39.8. The Bertz CT molecular complexity index is 1290. The number of aryl methyl sites for hydroxylation is 1. The van der Waals surface area contributed by atoms with E-state index in [4.69, 9.17) is 0 Å². The highest BCUT2D eigenvalue weighted by molar-refractivity contribution is 7.92. The number of pyridine rings is 2. The molecule has 31 heavy (non-hydrogen) atoms. The van der Waals surface area contributed by atoms with Crippen LogP contribution in [0.25, 0.3) is 11.0 Å². The van der Waals surface area contributed by atoms with Gasteiger partial charge in [0.2, 0.25) is 10.0 Å². The molecule has 0 saturated heterocycles. The van der Waals surface area contributed by atoms with Gasteiger partial charge in [-0.05, 0) is 68.0 Å². The van der Waals surface area contributed by atoms with E-state index in [-0.39, 0.29) is 11.3 Å². The number of anilines is 1. The van der Waals surface area contributed by atoms with Crippen molar-refractivity contribution >= 4 is 32.7 Å². The van der Waals surface area contributed by atoms with Crippen LogP contribution in [0.1, 0.15) is 58.8 Å². The van der Waals surface area contributed by atoms with Crippen molar-refractivity contribution < 1.29 is 17.6 Å². The van der Waals surface area contributed by atoms with E-state index in [1.165, 1.54) is 30.7 Å². The molecule has 0 aliphatic heterocycles. The Balaban J connectivity index is 1.52. The number of benzene rings is 1. The smallest absolute Gasteiger partial charge is 0.253 e. The molecule has 1 aromatic carbocycles. The van der Waals surface area contributed by atoms with E-state index in [0.717, 1.165) is 17.8 Å². The van der Waals surface area contributed by atoms with Crippen LogP contribution in [0.15, 0.2) is 36.7 Å². The van der Waals surface area contributed by atoms with Gasteiger partial charge in [-0.25, -0.2) is 12.8 Å². The van der Waals surface area contributed by atoms with E-state index in [1.54, 1.807) is 19.9 Å². The van der Waals surface area contributed by atoms with Crippen LogP contribution in [0.3, 0.4) is 0 Å². The maximum atomic E-state index is 14.6. The number of carbonyl (C=O) groups is 1. The first kappa shape index (κ1) is 21.2. The molecule has 1 unspecified atom stereocenters. The Kier molecular flexibility index (Phi) is 5.38. The number of sulfonamides is 1. The fourth-order valence-electron chi connectivity index (χ4n) is 3.48. The van der Waals surface area contributed by atoms with Crippen LogP contribution < -0.4 is 10.0 Å². The molecule has 7 nitrogen and oxygen atoms in total. The SMILES string of the molecule is Cc1cc(C(C)NC(=O)c2cnc3cc(C4CC4)cnc3c2)c(F)cc1NS(C)(=O)=O. The predicted octanol–water partition coefficient (Wildman–Crippen LogP) is 3.82. The molecule has 2 heterocycles. The van der Waals surface area contributed by atoms with Crippen LogP contribution >= 0.6 is 0 Å². The molecule has 1 aliphatic rings. The van der Waals surface area contributed by atoms with Crippen LogP contribution in [0.5, 0.6) is 0 Å². The zero-order valence-corrected chi connectivity index (χ0v) is 18.3. The minimum atomic E-state index is -3.53. The fourth-order valence-corrected chi connectivity index (χ4v) is 4.10. The fraction of sp³-hybridized carbons (Fsp3) is 0.318. The average Bonchev–Trinajstić information content (AvgIpc) is 3.53. The van der Waals surface area contributed by atoms with E-state index in [1.807, 2.05) is 12.3 Å². The number of fused-ring (bicyclic) bond motifs is 1. The lowest BCUT2D eigenvalue weighted by Crippen LogP contribution is -2.27. The second-order valence-corrected chi connectivity index (χ2v) is 9.81. The highest BCUT2D eigenvalue weighted by Crippen LogP contribution is 2.40. The Morgan fingerprint density at radius 3 is 2.48 bits per heavy atom. The molecule has 2 N–H and O–H groups in total. The van der Waals surface area contributed by atoms with Gasteiger partial charge in [0, 0.05) is 18.0 Å². The molecule has 162 valence electrons. The zero-order valence-electron chi connectivity index (χ0n) is 17.4. The molecule has 0 spiro atoms. The van der Waals surface area contributed by atoms with Crippen molar-refractivity contribution in [2.45, 2.75) is 38.6 Å². The number of amides is 1. The van der Waals surface area contributed by atoms with Crippen molar-refractivity contribution in [2.75, 3.05) is 11.0 Å². The number of aromatic nitrogens is 2. The molecule has 4 rings (SSSR count). The largest absolute Gasteiger partial charge is 0.345 e. The summed E-state index contributed by atoms with van der Waals surface area (Å²) in [6, 6.07) is 5.68. The van der Waals surface area contributed by atoms with Gasteiger partial charge >= 0.3 is 0 Å². The summed E-state index contributed by atoms with van der Waals surface area (Å²) in [5, 5.41) is 2.77. The van der Waals surface area contributed by atoms with E-state index in [9.17, 15) is 17.6 Å². The van der Waals surface area contributed by atoms with Gasteiger partial charge in [0.1, 0.15) is 5.82 Å². The molecule has 1 fully saturated rings. The highest BCUT2D eigenvalue weighted by atomic mass is 32.2. The normalized spacial score (nSPS) is 15.0. The lowest BCUT2D eigenvalue weighted by atomic mass is 10.0. The minimum Gasteiger partial charge on any atom is -0.345 e. The van der Waals surface area contributed by atoms with Crippen LogP contribution in [0.2, 0.25) is 0 Å². The predicted molar refractivity (Wildman–Crippen MR) is 117 cm³/mol. The second kappa shape index (κ2) is 7.88. The van der Waals surface area contributed by atoms with E-state index in [2.05, 4.69) is 20.0 Å². The van der Waals surface area contributed by atoms with Gasteiger partial charge in [0.25, 0.3) is 5.91 Å². The molecule has 1 amide bonds. The lowest BCUT2D eigenvalue weighted by molar-refractivity contribution is 0.0939. The maximum Gasteiger partial charge on any atom is 0.253 e. The molecule has 3 aromatic rings. The van der Waals surface area contributed by atoms with Gasteiger partial charge < -0.3 is 5.32 Å². The van der Waals surface area contributed by atoms with Crippen molar-refractivity contribution in [2.24, 2.45) is 0 Å². The summed E-state index contributed by atoms with van der Waals surface area (Å²) in [5.74, 6) is -0.444. The highest BCUT2D eigenvalue weighted by Gasteiger charge is 2.24. The van der Waals surface area contributed by atoms with Gasteiger partial charge in [-0.1, -0.05) is 0 Å². The standard InChI is InChI=1S/C22H23FN4O3S/c1-12-6-17(18(23)9-19(12)27-31(3,29)30)13(2)26-22(28)16-8-21-20(25-11-16)7-15(10-24-21)14-4-5-14/h6-11,13-14,27H,4-5H2,1-3H3,(H,26,28). The van der Waals surface area contributed by atoms with Crippen molar-refractivity contribution in [3.05, 3.63) is 64.7 Å². The Morgan fingerprint density at radius 1 is 1.13 bits per heavy atom. The zero-order chi connectivity index (χ0) is 22.3. The van der Waals surface area contributed by atoms with Gasteiger partial charge in [-0.3, -0.25) is 19.5 Å². The number of nitrogens with zero attached hydrogens (tertiary/aromatic N) is 2. The summed E-state index contributed by atoms with van der Waals surface area (Å²) in [6.45, 7) is 3.33. The molecule has 0 radical (unpaired) electrons. The first-order valence-electron chi connectivity index (χ1n) is 9.95. The van der Waals surface area contributed by atoms with Crippen molar-refractivity contribution in [3.63, 3.8) is 0 Å². The van der Waals surface area contributed by atoms with Crippen LogP contribution in [-0.2, 0) is 10.0 Å².